The van der Waals surface area contributed by atoms with Crippen molar-refractivity contribution in [1.29, 1.82) is 0 Å². The maximum absolute atomic E-state index is 2.54. The molecule has 14 rings (SSSR count). The molecule has 0 N–H and O–H groups in total. The zero-order valence-corrected chi connectivity index (χ0v) is 35.2. The Bertz CT molecular complexity index is 3850. The lowest BCUT2D eigenvalue weighted by atomic mass is 9.83. The molecule has 0 saturated carbocycles. The molecular weight excluding hydrogens is 745 g/mol. The van der Waals surface area contributed by atoms with E-state index in [4.69, 9.17) is 0 Å². The quantitative estimate of drug-likeness (QED) is 0.123. The number of aryl methyl sites for hydroxylation is 4. The van der Waals surface area contributed by atoms with Crippen LogP contribution in [0.3, 0.4) is 0 Å². The zero-order valence-electron chi connectivity index (χ0n) is 35.2. The molecule has 0 saturated heterocycles. The van der Waals surface area contributed by atoms with Crippen molar-refractivity contribution in [3.8, 4) is 44.5 Å². The lowest BCUT2D eigenvalue weighted by Crippen LogP contribution is -1.95. The molecule has 14 aromatic rings. The van der Waals surface area contributed by atoms with Gasteiger partial charge in [0.1, 0.15) is 0 Å². The van der Waals surface area contributed by atoms with Crippen molar-refractivity contribution in [3.63, 3.8) is 0 Å². The third-order valence-electron chi connectivity index (χ3n) is 14.9. The van der Waals surface area contributed by atoms with Gasteiger partial charge in [0, 0.05) is 0 Å². The van der Waals surface area contributed by atoms with Crippen LogP contribution in [0.1, 0.15) is 22.3 Å². The van der Waals surface area contributed by atoms with Gasteiger partial charge in [-0.2, -0.15) is 0 Å². The van der Waals surface area contributed by atoms with Crippen molar-refractivity contribution >= 4 is 97.0 Å². The molecule has 0 unspecified atom stereocenters. The molecule has 0 heterocycles. The Morgan fingerprint density at radius 1 is 0.210 bits per heavy atom. The highest BCUT2D eigenvalue weighted by Gasteiger charge is 2.29. The van der Waals surface area contributed by atoms with Crippen molar-refractivity contribution in [3.05, 3.63) is 192 Å². The Morgan fingerprint density at radius 3 is 0.790 bits per heavy atom. The average Bonchev–Trinajstić information content (AvgIpc) is 3.85. The van der Waals surface area contributed by atoms with Crippen LogP contribution in [0, 0.1) is 27.7 Å². The largest absolute Gasteiger partial charge is 0.0622 e. The molecule has 14 aromatic carbocycles. The Hall–Kier alpha value is -7.54. The van der Waals surface area contributed by atoms with E-state index in [1.807, 2.05) is 0 Å². The maximum atomic E-state index is 2.54. The fourth-order valence-corrected chi connectivity index (χ4v) is 12.6. The summed E-state index contributed by atoms with van der Waals surface area (Å²) in [5.41, 5.74) is 15.8. The van der Waals surface area contributed by atoms with Crippen LogP contribution in [0.2, 0.25) is 0 Å². The summed E-state index contributed by atoms with van der Waals surface area (Å²) in [6.45, 7) is 9.47. The standard InChI is InChI=1S/C62H40/c1-33-49(37-17-9-5-10-18-37)51(39-21-13-7-14-22-39)35(3)55-47-31-41-25-26-42-32-48-56-36(4)52(40-23-15-8-16-24-40)50(38-19-11-6-12-20-38)34(2)54(56)46-30-28-44-43-27-29-45(53(33)55)59(47)61(43)57(41)58(42)62(44)60(46)48/h5-32H,1-4H3. The third kappa shape index (κ3) is 4.13. The SMILES string of the molecule is Cc1c(-c2ccccc2)c(-c2ccccc2)c(C)c2c3cc4ccc5cc6c7c(C)c(-c8ccccc8)c(-c8ccccc8)c(C)c7c7ccc8c9ccc(c12)c3c9c4c5c8c76. The second-order valence-electron chi connectivity index (χ2n) is 17.9. The monoisotopic (exact) mass is 784 g/mol. The van der Waals surface area contributed by atoms with E-state index < -0.39 is 0 Å². The van der Waals surface area contributed by atoms with Crippen molar-refractivity contribution < 1.29 is 0 Å². The molecule has 0 bridgehead atoms. The van der Waals surface area contributed by atoms with Gasteiger partial charge in [0.25, 0.3) is 0 Å². The Labute approximate surface area is 359 Å². The van der Waals surface area contributed by atoms with Gasteiger partial charge in [-0.25, -0.2) is 0 Å². The molecule has 0 nitrogen and oxygen atoms in total. The van der Waals surface area contributed by atoms with Crippen LogP contribution in [-0.4, -0.2) is 0 Å². The van der Waals surface area contributed by atoms with Crippen LogP contribution in [0.25, 0.3) is 141 Å². The first kappa shape index (κ1) is 34.2. The summed E-state index contributed by atoms with van der Waals surface area (Å²) in [6.07, 6.45) is 0. The number of hydrogen-bond donors (Lipinski definition) is 0. The molecule has 0 atom stereocenters. The van der Waals surface area contributed by atoms with Crippen LogP contribution in [0.15, 0.2) is 170 Å². The Kier molecular flexibility index (Phi) is 6.65. The molecule has 0 radical (unpaired) electrons. The number of rotatable bonds is 4. The predicted octanol–water partition coefficient (Wildman–Crippen LogP) is 17.7. The molecule has 62 heavy (non-hydrogen) atoms. The Morgan fingerprint density at radius 2 is 0.484 bits per heavy atom. The molecule has 0 aliphatic carbocycles. The molecule has 0 aliphatic rings. The van der Waals surface area contributed by atoms with E-state index in [9.17, 15) is 0 Å². The summed E-state index contributed by atoms with van der Waals surface area (Å²) in [6, 6.07) is 63.9. The van der Waals surface area contributed by atoms with Gasteiger partial charge in [0.15, 0.2) is 0 Å². The van der Waals surface area contributed by atoms with Crippen LogP contribution < -0.4 is 0 Å². The van der Waals surface area contributed by atoms with Gasteiger partial charge in [0.2, 0.25) is 0 Å². The number of benzene rings is 12. The Balaban J connectivity index is 1.16. The summed E-state index contributed by atoms with van der Waals surface area (Å²) in [4.78, 5) is 0. The van der Waals surface area contributed by atoms with Crippen LogP contribution in [-0.2, 0) is 0 Å². The summed E-state index contributed by atoms with van der Waals surface area (Å²) in [5.74, 6) is 0. The van der Waals surface area contributed by atoms with Gasteiger partial charge in [-0.05, 0) is 204 Å². The highest BCUT2D eigenvalue weighted by Crippen LogP contribution is 2.57. The fourth-order valence-electron chi connectivity index (χ4n) is 12.6. The van der Waals surface area contributed by atoms with Crippen molar-refractivity contribution in [2.75, 3.05) is 0 Å². The first-order valence-electron chi connectivity index (χ1n) is 22.0. The minimum atomic E-state index is 1.27. The first-order valence-corrected chi connectivity index (χ1v) is 22.0. The van der Waals surface area contributed by atoms with Crippen LogP contribution in [0.5, 0.6) is 0 Å². The molecule has 0 spiro atoms. The highest BCUT2D eigenvalue weighted by atomic mass is 14.3. The van der Waals surface area contributed by atoms with E-state index in [-0.39, 0.29) is 0 Å². The molecular formula is C62H40. The summed E-state index contributed by atoms with van der Waals surface area (Å²) in [5, 5.41) is 24.8. The second kappa shape index (κ2) is 12.1. The molecule has 0 fully saturated rings. The zero-order chi connectivity index (χ0) is 41.1. The third-order valence-corrected chi connectivity index (χ3v) is 14.9. The van der Waals surface area contributed by atoms with E-state index in [1.165, 1.54) is 164 Å². The summed E-state index contributed by atoms with van der Waals surface area (Å²) < 4.78 is 0. The van der Waals surface area contributed by atoms with Crippen LogP contribution >= 0.6 is 0 Å². The average molecular weight is 785 g/mol. The predicted molar refractivity (Wildman–Crippen MR) is 269 cm³/mol. The van der Waals surface area contributed by atoms with Crippen molar-refractivity contribution in [1.82, 2.24) is 0 Å². The van der Waals surface area contributed by atoms with E-state index in [2.05, 4.69) is 198 Å². The highest BCUT2D eigenvalue weighted by molar-refractivity contribution is 6.50. The summed E-state index contributed by atoms with van der Waals surface area (Å²) in [7, 11) is 0. The van der Waals surface area contributed by atoms with E-state index in [0.29, 0.717) is 0 Å². The molecule has 0 aromatic heterocycles. The second-order valence-corrected chi connectivity index (χ2v) is 17.9. The van der Waals surface area contributed by atoms with E-state index >= 15 is 0 Å². The lowest BCUT2D eigenvalue weighted by Gasteiger charge is -2.19. The normalized spacial score (nSPS) is 12.5. The lowest BCUT2D eigenvalue weighted by molar-refractivity contribution is 1.45. The molecule has 0 aliphatic heterocycles. The molecule has 0 heteroatoms. The van der Waals surface area contributed by atoms with Crippen LogP contribution in [0.4, 0.5) is 0 Å². The van der Waals surface area contributed by atoms with Gasteiger partial charge < -0.3 is 0 Å². The first-order chi connectivity index (χ1) is 30.5. The van der Waals surface area contributed by atoms with E-state index in [1.54, 1.807) is 0 Å². The van der Waals surface area contributed by atoms with E-state index in [0.717, 1.165) is 0 Å². The van der Waals surface area contributed by atoms with Gasteiger partial charge in [-0.15, -0.1) is 0 Å². The maximum Gasteiger partial charge on any atom is -0.000762 e. The topological polar surface area (TPSA) is 0 Å². The smallest absolute Gasteiger partial charge is 0.000762 e. The van der Waals surface area contributed by atoms with Crippen molar-refractivity contribution in [2.24, 2.45) is 0 Å². The number of hydrogen-bond acceptors (Lipinski definition) is 0. The van der Waals surface area contributed by atoms with Gasteiger partial charge in [0.05, 0.1) is 0 Å². The minimum absolute atomic E-state index is 1.27. The summed E-state index contributed by atoms with van der Waals surface area (Å²) >= 11 is 0. The van der Waals surface area contributed by atoms with Gasteiger partial charge in [-0.1, -0.05) is 158 Å². The van der Waals surface area contributed by atoms with Gasteiger partial charge in [-0.3, -0.25) is 0 Å². The molecule has 288 valence electrons. The molecule has 0 amide bonds. The fraction of sp³-hybridized carbons (Fsp3) is 0.0645. The van der Waals surface area contributed by atoms with Crippen molar-refractivity contribution in [2.45, 2.75) is 27.7 Å². The minimum Gasteiger partial charge on any atom is -0.0622 e. The number of fused-ring (bicyclic) bond motifs is 7. The van der Waals surface area contributed by atoms with Gasteiger partial charge >= 0.3 is 0 Å².